The summed E-state index contributed by atoms with van der Waals surface area (Å²) in [7, 11) is 0. The third-order valence-corrected chi connectivity index (χ3v) is 3.98. The zero-order valence-corrected chi connectivity index (χ0v) is 12.4. The van der Waals surface area contributed by atoms with Gasteiger partial charge in [-0.15, -0.1) is 0 Å². The monoisotopic (exact) mass is 281 g/mol. The van der Waals surface area contributed by atoms with Gasteiger partial charge in [-0.2, -0.15) is 0 Å². The number of fused-ring (bicyclic) bond motifs is 1. The van der Waals surface area contributed by atoms with Gasteiger partial charge in [0, 0.05) is 11.3 Å². The average Bonchev–Trinajstić information content (AvgIpc) is 2.91. The Hall–Kier alpha value is -2.23. The molecule has 108 valence electrons. The second-order valence-corrected chi connectivity index (χ2v) is 5.66. The lowest BCUT2D eigenvalue weighted by Gasteiger charge is -2.10. The van der Waals surface area contributed by atoms with Gasteiger partial charge in [0.05, 0.1) is 6.42 Å². The van der Waals surface area contributed by atoms with Crippen LogP contribution in [0.2, 0.25) is 0 Å². The van der Waals surface area contributed by atoms with Gasteiger partial charge in [0.15, 0.2) is 0 Å². The molecule has 0 unspecified atom stereocenters. The van der Waals surface area contributed by atoms with E-state index in [1.165, 1.54) is 11.9 Å². The van der Waals surface area contributed by atoms with Crippen molar-refractivity contribution in [3.63, 3.8) is 0 Å². The van der Waals surface area contributed by atoms with E-state index in [-0.39, 0.29) is 5.91 Å². The molecular formula is C17H19N3O. The molecule has 0 bridgehead atoms. The molecule has 1 aromatic heterocycles. The minimum absolute atomic E-state index is 0.0187. The zero-order valence-electron chi connectivity index (χ0n) is 12.4. The van der Waals surface area contributed by atoms with Gasteiger partial charge in [0.2, 0.25) is 5.91 Å². The molecule has 4 heteroatoms. The zero-order chi connectivity index (χ0) is 14.8. The lowest BCUT2D eigenvalue weighted by Crippen LogP contribution is -2.17. The maximum Gasteiger partial charge on any atom is 0.229 e. The first-order chi connectivity index (χ1) is 10.1. The number of hydrogen-bond donors (Lipinski definition) is 1. The molecule has 0 radical (unpaired) electrons. The van der Waals surface area contributed by atoms with Gasteiger partial charge in [-0.3, -0.25) is 4.79 Å². The molecule has 0 atom stereocenters. The number of carbonyl (C=O) groups is 1. The number of carbonyl (C=O) groups excluding carboxylic acids is 1. The molecule has 1 N–H and O–H groups in total. The normalized spacial score (nSPS) is 13.0. The van der Waals surface area contributed by atoms with Crippen molar-refractivity contribution in [3.05, 3.63) is 52.5 Å². The summed E-state index contributed by atoms with van der Waals surface area (Å²) in [6, 6.07) is 6.16. The molecule has 0 fully saturated rings. The molecule has 1 aliphatic carbocycles. The Labute approximate surface area is 124 Å². The van der Waals surface area contributed by atoms with E-state index >= 15 is 0 Å². The third kappa shape index (κ3) is 2.94. The number of hydrogen-bond acceptors (Lipinski definition) is 3. The highest BCUT2D eigenvalue weighted by Gasteiger charge is 2.18. The molecule has 21 heavy (non-hydrogen) atoms. The fraction of sp³-hybridized carbons (Fsp3) is 0.353. The first-order valence-electron chi connectivity index (χ1n) is 7.32. The summed E-state index contributed by atoms with van der Waals surface area (Å²) in [5.41, 5.74) is 5.60. The largest absolute Gasteiger partial charge is 0.310 e. The SMILES string of the molecule is Cc1ccc(CC(=O)Nc2ncnc3c2CCC3)c(C)c1. The van der Waals surface area contributed by atoms with Crippen LogP contribution in [0.15, 0.2) is 24.5 Å². The summed E-state index contributed by atoms with van der Waals surface area (Å²) < 4.78 is 0. The van der Waals surface area contributed by atoms with Crippen molar-refractivity contribution in [2.75, 3.05) is 5.32 Å². The summed E-state index contributed by atoms with van der Waals surface area (Å²) in [5.74, 6) is 0.669. The fourth-order valence-corrected chi connectivity index (χ4v) is 2.86. The Balaban J connectivity index is 1.74. The van der Waals surface area contributed by atoms with Crippen LogP contribution in [0.3, 0.4) is 0 Å². The molecule has 0 saturated heterocycles. The van der Waals surface area contributed by atoms with Gasteiger partial charge >= 0.3 is 0 Å². The third-order valence-electron chi connectivity index (χ3n) is 3.98. The minimum atomic E-state index is -0.0187. The molecule has 1 heterocycles. The lowest BCUT2D eigenvalue weighted by atomic mass is 10.0. The van der Waals surface area contributed by atoms with Gasteiger partial charge in [0.25, 0.3) is 0 Å². The van der Waals surface area contributed by atoms with Gasteiger partial charge in [-0.1, -0.05) is 23.8 Å². The van der Waals surface area contributed by atoms with E-state index in [0.717, 1.165) is 41.6 Å². The Morgan fingerprint density at radius 2 is 2.10 bits per heavy atom. The molecule has 0 spiro atoms. The molecule has 1 amide bonds. The predicted molar refractivity (Wildman–Crippen MR) is 82.3 cm³/mol. The molecule has 1 aromatic carbocycles. The number of aromatic nitrogens is 2. The van der Waals surface area contributed by atoms with Crippen molar-refractivity contribution in [3.8, 4) is 0 Å². The van der Waals surface area contributed by atoms with Crippen LogP contribution < -0.4 is 5.32 Å². The van der Waals surface area contributed by atoms with E-state index in [9.17, 15) is 4.79 Å². The van der Waals surface area contributed by atoms with Crippen molar-refractivity contribution in [2.24, 2.45) is 0 Å². The second-order valence-electron chi connectivity index (χ2n) is 5.66. The number of amides is 1. The van der Waals surface area contributed by atoms with Crippen LogP contribution in [-0.2, 0) is 24.1 Å². The first-order valence-corrected chi connectivity index (χ1v) is 7.32. The Morgan fingerprint density at radius 3 is 2.90 bits per heavy atom. The number of aryl methyl sites for hydroxylation is 3. The molecule has 0 saturated carbocycles. The highest BCUT2D eigenvalue weighted by Crippen LogP contribution is 2.25. The van der Waals surface area contributed by atoms with Crippen LogP contribution in [0, 0.1) is 13.8 Å². The maximum atomic E-state index is 12.2. The molecule has 3 rings (SSSR count). The van der Waals surface area contributed by atoms with Crippen molar-refractivity contribution < 1.29 is 4.79 Å². The standard InChI is InChI=1S/C17H19N3O/c1-11-6-7-13(12(2)8-11)9-16(21)20-17-14-4-3-5-15(14)18-10-19-17/h6-8,10H,3-5,9H2,1-2H3,(H,18,19,20,21). The summed E-state index contributed by atoms with van der Waals surface area (Å²) in [4.78, 5) is 20.7. The number of anilines is 1. The predicted octanol–water partition coefficient (Wildman–Crippen LogP) is 2.76. The van der Waals surface area contributed by atoms with Crippen LogP contribution in [0.5, 0.6) is 0 Å². The molecule has 0 aliphatic heterocycles. The van der Waals surface area contributed by atoms with Crippen molar-refractivity contribution in [1.29, 1.82) is 0 Å². The molecule has 2 aromatic rings. The molecule has 4 nitrogen and oxygen atoms in total. The summed E-state index contributed by atoms with van der Waals surface area (Å²) >= 11 is 0. The van der Waals surface area contributed by atoms with E-state index in [2.05, 4.69) is 28.3 Å². The Bertz CT molecular complexity index is 694. The van der Waals surface area contributed by atoms with Crippen LogP contribution in [0.25, 0.3) is 0 Å². The van der Waals surface area contributed by atoms with E-state index < -0.39 is 0 Å². The smallest absolute Gasteiger partial charge is 0.229 e. The van der Waals surface area contributed by atoms with E-state index in [1.807, 2.05) is 19.1 Å². The summed E-state index contributed by atoms with van der Waals surface area (Å²) in [6.45, 7) is 4.10. The summed E-state index contributed by atoms with van der Waals surface area (Å²) in [6.07, 6.45) is 4.95. The van der Waals surface area contributed by atoms with E-state index in [0.29, 0.717) is 12.2 Å². The topological polar surface area (TPSA) is 54.9 Å². The van der Waals surface area contributed by atoms with Gasteiger partial charge < -0.3 is 5.32 Å². The minimum Gasteiger partial charge on any atom is -0.310 e. The highest BCUT2D eigenvalue weighted by molar-refractivity contribution is 5.92. The van der Waals surface area contributed by atoms with Crippen molar-refractivity contribution in [2.45, 2.75) is 39.5 Å². The lowest BCUT2D eigenvalue weighted by molar-refractivity contribution is -0.115. The quantitative estimate of drug-likeness (QED) is 0.941. The van der Waals surface area contributed by atoms with E-state index in [1.54, 1.807) is 0 Å². The number of rotatable bonds is 3. The van der Waals surface area contributed by atoms with Crippen LogP contribution >= 0.6 is 0 Å². The Kier molecular flexibility index (Phi) is 3.69. The van der Waals surface area contributed by atoms with Crippen molar-refractivity contribution >= 4 is 11.7 Å². The number of nitrogens with zero attached hydrogens (tertiary/aromatic N) is 2. The van der Waals surface area contributed by atoms with Crippen LogP contribution in [-0.4, -0.2) is 15.9 Å². The average molecular weight is 281 g/mol. The van der Waals surface area contributed by atoms with Crippen LogP contribution in [0.1, 0.15) is 34.4 Å². The van der Waals surface area contributed by atoms with Crippen molar-refractivity contribution in [1.82, 2.24) is 9.97 Å². The van der Waals surface area contributed by atoms with Gasteiger partial charge in [-0.05, 0) is 44.2 Å². The first kappa shape index (κ1) is 13.7. The summed E-state index contributed by atoms with van der Waals surface area (Å²) in [5, 5.41) is 2.94. The molecule has 1 aliphatic rings. The second kappa shape index (κ2) is 5.64. The highest BCUT2D eigenvalue weighted by atomic mass is 16.1. The van der Waals surface area contributed by atoms with Gasteiger partial charge in [-0.25, -0.2) is 9.97 Å². The van der Waals surface area contributed by atoms with E-state index in [4.69, 9.17) is 0 Å². The molecular weight excluding hydrogens is 262 g/mol. The van der Waals surface area contributed by atoms with Gasteiger partial charge in [0.1, 0.15) is 12.1 Å². The maximum absolute atomic E-state index is 12.2. The Morgan fingerprint density at radius 1 is 1.24 bits per heavy atom. The number of benzene rings is 1. The van der Waals surface area contributed by atoms with Crippen LogP contribution in [0.4, 0.5) is 5.82 Å². The number of nitrogens with one attached hydrogen (secondary N) is 1. The fourth-order valence-electron chi connectivity index (χ4n) is 2.86.